The Hall–Kier alpha value is -4.99. The molecule has 9 rings (SSSR count). The maximum atomic E-state index is 14.7. The van der Waals surface area contributed by atoms with Gasteiger partial charge in [0.15, 0.2) is 0 Å². The van der Waals surface area contributed by atoms with Gasteiger partial charge in [-0.2, -0.15) is 21.0 Å². The van der Waals surface area contributed by atoms with Crippen LogP contribution in [0.3, 0.4) is 0 Å². The lowest BCUT2D eigenvalue weighted by molar-refractivity contribution is -0.135. The molecule has 9 atom stereocenters. The third kappa shape index (κ3) is 24.8. The fourth-order valence-corrected chi connectivity index (χ4v) is 22.0. The van der Waals surface area contributed by atoms with Gasteiger partial charge in [-0.15, -0.1) is 43.1 Å². The molecular weight excluding hydrogens is 1360 g/mol. The van der Waals surface area contributed by atoms with Gasteiger partial charge < -0.3 is 0 Å². The smallest absolute Gasteiger partial charge is 0.144 e. The number of hydrogen-bond acceptors (Lipinski definition) is 9. The molecule has 10 heteroatoms. The maximum Gasteiger partial charge on any atom is 0.144 e. The second-order valence-electron chi connectivity index (χ2n) is 32.1. The zero-order valence-corrected chi connectivity index (χ0v) is 70.4. The van der Waals surface area contributed by atoms with Gasteiger partial charge in [0.2, 0.25) is 0 Å². The normalized spacial score (nSPS) is 20.2. The summed E-state index contributed by atoms with van der Waals surface area (Å²) in [6.07, 6.45) is 62.3. The van der Waals surface area contributed by atoms with Crippen molar-refractivity contribution < 1.29 is 9.59 Å². The van der Waals surface area contributed by atoms with Gasteiger partial charge in [-0.3, -0.25) is 9.59 Å². The highest BCUT2D eigenvalue weighted by Crippen LogP contribution is 2.62. The van der Waals surface area contributed by atoms with Crippen molar-refractivity contribution in [2.24, 2.45) is 41.4 Å². The summed E-state index contributed by atoms with van der Waals surface area (Å²) >= 11 is 5.41. The number of nitrogens with zero attached hydrogens (tertiary/aromatic N) is 4. The van der Waals surface area contributed by atoms with Gasteiger partial charge in [-0.1, -0.05) is 291 Å². The van der Waals surface area contributed by atoms with Gasteiger partial charge >= 0.3 is 0 Å². The van der Waals surface area contributed by atoms with E-state index < -0.39 is 9.13 Å². The van der Waals surface area contributed by atoms with E-state index in [1.807, 2.05) is 29.6 Å². The van der Waals surface area contributed by atoms with E-state index in [2.05, 4.69) is 121 Å². The Morgan fingerprint density at radius 3 is 1.21 bits per heavy atom. The molecule has 0 aliphatic heterocycles. The zero-order chi connectivity index (χ0) is 76.9. The summed E-state index contributed by atoms with van der Waals surface area (Å²) in [5, 5.41) is 41.1. The SMILES string of the molecule is CCCCCCCCCCCCC1C2CC(c3ccc(-c4ccc(C)s4)s3)C(=O)C2C(CCCCCCCCCCCC)C2CC(C)C(=O)C21.CCCCCCCCCCCCc1c2c(c(CCCCCCCCCCCC)c3c1C(=C(C#N)C#N)C(C)=C3)C(=C(C#N)C#N)C(c1ccc(C)s1)=C2.[2H]P([3H])C. The molecule has 4 aromatic rings. The van der Waals surface area contributed by atoms with E-state index in [4.69, 9.17) is 2.56 Å². The lowest BCUT2D eigenvalue weighted by Gasteiger charge is -2.46. The first-order valence-electron chi connectivity index (χ1n) is 43.8. The topological polar surface area (TPSA) is 129 Å². The van der Waals surface area contributed by atoms with Crippen LogP contribution in [-0.4, -0.2) is 20.8 Å². The number of thiophene rings is 3. The molecule has 5 aliphatic carbocycles. The molecular formula is C95H137N4O2PS3. The van der Waals surface area contributed by atoms with Crippen molar-refractivity contribution in [2.45, 2.75) is 357 Å². The van der Waals surface area contributed by atoms with E-state index in [1.165, 1.54) is 256 Å². The molecule has 6 nitrogen and oxygen atoms in total. The molecule has 0 amide bonds. The van der Waals surface area contributed by atoms with Crippen LogP contribution in [-0.2, 0) is 22.4 Å². The second kappa shape index (κ2) is 48.5. The average molecular weight is 1500 g/mol. The number of Topliss-reactive ketones (excluding diaryl/α,β-unsaturated/α-hetero) is 2. The van der Waals surface area contributed by atoms with E-state index in [1.54, 1.807) is 18.0 Å². The molecule has 3 aromatic heterocycles. The molecule has 572 valence electrons. The molecule has 1 aromatic carbocycles. The van der Waals surface area contributed by atoms with E-state index >= 15 is 0 Å². The number of benzene rings is 1. The van der Waals surface area contributed by atoms with Crippen molar-refractivity contribution in [1.29, 1.82) is 23.6 Å². The molecule has 3 heterocycles. The summed E-state index contributed by atoms with van der Waals surface area (Å²) in [5.74, 6) is 3.32. The summed E-state index contributed by atoms with van der Waals surface area (Å²) in [7, 11) is -1.12. The number of carbonyl (C=O) groups is 2. The zero-order valence-electron chi connectivity index (χ0n) is 69.0. The maximum absolute atomic E-state index is 14.7. The van der Waals surface area contributed by atoms with Gasteiger partial charge in [0, 0.05) is 63.7 Å². The third-order valence-electron chi connectivity index (χ3n) is 24.4. The number of allylic oxidation sites excluding steroid dienone is 6. The third-order valence-corrected chi connectivity index (χ3v) is 27.8. The Labute approximate surface area is 657 Å². The average Bonchev–Trinajstić information content (AvgIpc) is 1.57. The predicted octanol–water partition coefficient (Wildman–Crippen LogP) is 29.8. The number of ketones is 2. The van der Waals surface area contributed by atoms with Crippen molar-refractivity contribution in [3.63, 3.8) is 0 Å². The van der Waals surface area contributed by atoms with Gasteiger partial charge in [-0.05, 0) is 177 Å². The minimum absolute atomic E-state index is 0.0292. The number of carbonyl (C=O) groups excluding carboxylic acids is 2. The largest absolute Gasteiger partial charge is 0.299 e. The van der Waals surface area contributed by atoms with E-state index in [9.17, 15) is 30.6 Å². The van der Waals surface area contributed by atoms with Crippen LogP contribution < -0.4 is 0 Å². The standard InChI is InChI=1S/C48H60N4S.C46H72O2S2.CH5P/c1-5-7-9-11-13-15-17-19-21-23-25-39-41-29-35(3)45(37(31-49)32-50)47(41)40(26-24-22-20-18-16-14-12-10-8-6-2)42-30-43(44-28-27-36(4)53-44)46(48(39)42)38(33-51)34-52;1-5-7-9-11-13-15-17-19-21-23-25-35-37-31-33(3)45(47)43(37)36(26-24-22-20-18-16-14-12-10-8-6-2)38-32-39(46(48)44(35)38)40-29-30-42(50-40)41-28-27-34(4)49-41;1-2/h27-30H,5-26H2,1-4H3;27-30,33,35-39,43-44H,5-26,31-32H2,1-4H3;2H2,1H3/i;;2TD. The Bertz CT molecular complexity index is 3640. The molecule has 3 saturated carbocycles. The molecule has 9 unspecified atom stereocenters. The summed E-state index contributed by atoms with van der Waals surface area (Å²) in [4.78, 5) is 36.3. The highest BCUT2D eigenvalue weighted by molar-refractivity contribution is 7.22. The van der Waals surface area contributed by atoms with Gasteiger partial charge in [-0.25, -0.2) is 0 Å². The fourth-order valence-electron chi connectivity index (χ4n) is 19.0. The number of hydrogen-bond donors (Lipinski definition) is 0. The number of nitriles is 4. The van der Waals surface area contributed by atoms with Crippen LogP contribution in [0.25, 0.3) is 38.6 Å². The Balaban J connectivity index is 0.000000284. The fraction of sp³-hybridized carbons (Fsp3) is 0.663. The van der Waals surface area contributed by atoms with E-state index in [0.717, 1.165) is 125 Å². The van der Waals surface area contributed by atoms with Crippen molar-refractivity contribution in [3.05, 3.63) is 106 Å². The molecule has 5 aliphatic rings. The minimum Gasteiger partial charge on any atom is -0.299 e. The predicted molar refractivity (Wildman–Crippen MR) is 457 cm³/mol. The second-order valence-corrected chi connectivity index (χ2v) is 35.8. The van der Waals surface area contributed by atoms with Gasteiger partial charge in [0.05, 0.1) is 8.48 Å². The monoisotopic (exact) mass is 1500 g/mol. The number of aryl methyl sites for hydroxylation is 2. The summed E-state index contributed by atoms with van der Waals surface area (Å²) in [5.41, 5.74) is 10.3. The lowest BCUT2D eigenvalue weighted by atomic mass is 9.56. The Morgan fingerprint density at radius 2 is 0.800 bits per heavy atom. The molecule has 0 bridgehead atoms. The van der Waals surface area contributed by atoms with E-state index in [0.29, 0.717) is 35.2 Å². The van der Waals surface area contributed by atoms with Crippen LogP contribution in [0, 0.1) is 101 Å². The van der Waals surface area contributed by atoms with Crippen LogP contribution >= 0.6 is 43.1 Å². The Morgan fingerprint density at radius 1 is 0.457 bits per heavy atom. The first-order valence-corrected chi connectivity index (χ1v) is 46.2. The van der Waals surface area contributed by atoms with Crippen LogP contribution in [0.2, 0.25) is 0 Å². The highest BCUT2D eigenvalue weighted by Gasteiger charge is 2.61. The molecule has 0 spiro atoms. The molecule has 0 radical (unpaired) electrons. The van der Waals surface area contributed by atoms with Crippen molar-refractivity contribution in [2.75, 3.05) is 6.66 Å². The first-order chi connectivity index (χ1) is 52.1. The Kier molecular flexibility index (Phi) is 38.8. The van der Waals surface area contributed by atoms with Crippen molar-refractivity contribution in [1.82, 2.24) is 0 Å². The van der Waals surface area contributed by atoms with Crippen molar-refractivity contribution >= 4 is 83.6 Å². The van der Waals surface area contributed by atoms with Gasteiger partial charge in [0.25, 0.3) is 0 Å². The molecule has 0 N–H and O–H groups in total. The lowest BCUT2D eigenvalue weighted by Crippen LogP contribution is -2.46. The highest BCUT2D eigenvalue weighted by atomic mass is 32.1. The van der Waals surface area contributed by atoms with Crippen molar-refractivity contribution in [3.8, 4) is 34.0 Å². The first kappa shape index (κ1) is 84.0. The summed E-state index contributed by atoms with van der Waals surface area (Å²) in [6.45, 7) is 19.2. The molecule has 105 heavy (non-hydrogen) atoms. The van der Waals surface area contributed by atoms with Crippen LogP contribution in [0.15, 0.2) is 53.1 Å². The van der Waals surface area contributed by atoms with Crippen LogP contribution in [0.4, 0.5) is 0 Å². The number of rotatable bonds is 47. The van der Waals surface area contributed by atoms with Crippen LogP contribution in [0.5, 0.6) is 0 Å². The molecule has 3 fully saturated rings. The molecule has 0 saturated heterocycles. The summed E-state index contributed by atoms with van der Waals surface area (Å²) in [6, 6.07) is 22.2. The van der Waals surface area contributed by atoms with E-state index in [-0.39, 0.29) is 34.8 Å². The van der Waals surface area contributed by atoms with Crippen LogP contribution in [0.1, 0.15) is 383 Å². The van der Waals surface area contributed by atoms with Gasteiger partial charge in [0.1, 0.15) is 47.0 Å². The quantitative estimate of drug-likeness (QED) is 0.0246. The summed E-state index contributed by atoms with van der Waals surface area (Å²) < 4.78 is 12.6. The minimum atomic E-state index is -1.12. The number of fused-ring (bicyclic) bond motifs is 4. The number of unbranched alkanes of at least 4 members (excludes halogenated alkanes) is 36.